The van der Waals surface area contributed by atoms with Crippen molar-refractivity contribution in [1.82, 2.24) is 0 Å². The maximum atomic E-state index is 8.84. The van der Waals surface area contributed by atoms with E-state index in [9.17, 15) is 0 Å². The highest BCUT2D eigenvalue weighted by atomic mass is 16.2. The van der Waals surface area contributed by atoms with Gasteiger partial charge in [0.05, 0.1) is 0 Å². The minimum atomic E-state index is 0.374. The van der Waals surface area contributed by atoms with Crippen LogP contribution in [0.25, 0.3) is 0 Å². The second-order valence-corrected chi connectivity index (χ2v) is 10.0. The Kier molecular flexibility index (Phi) is 27.0. The van der Waals surface area contributed by atoms with Crippen LogP contribution in [0.3, 0.4) is 0 Å². The molecule has 30 heavy (non-hydrogen) atoms. The smallest absolute Gasteiger partial charge is 0.0431 e. The lowest BCUT2D eigenvalue weighted by Crippen LogP contribution is -2.01. The summed E-state index contributed by atoms with van der Waals surface area (Å²) < 4.78 is 0. The number of rotatable bonds is 26. The first-order chi connectivity index (χ1) is 14.8. The van der Waals surface area contributed by atoms with E-state index >= 15 is 0 Å². The molecule has 0 aromatic carbocycles. The van der Waals surface area contributed by atoms with Crippen LogP contribution in [0, 0.1) is 5.92 Å². The van der Waals surface area contributed by atoms with E-state index in [-0.39, 0.29) is 0 Å². The molecule has 1 nitrogen and oxygen atoms in total. The molecule has 0 spiro atoms. The SMILES string of the molecule is CCCCCCCCCCC(CCCCCCCC)CCCCCCCCCCO. The number of hydrogen-bond acceptors (Lipinski definition) is 1. The van der Waals surface area contributed by atoms with Crippen molar-refractivity contribution in [3.8, 4) is 0 Å². The van der Waals surface area contributed by atoms with E-state index in [2.05, 4.69) is 13.8 Å². The van der Waals surface area contributed by atoms with Gasteiger partial charge in [0, 0.05) is 6.61 Å². The van der Waals surface area contributed by atoms with Crippen LogP contribution in [0.4, 0.5) is 0 Å². The second-order valence-electron chi connectivity index (χ2n) is 10.0. The molecule has 1 atom stereocenters. The monoisotopic (exact) mass is 424 g/mol. The lowest BCUT2D eigenvalue weighted by atomic mass is 9.89. The predicted octanol–water partition coefficient (Wildman–Crippen LogP) is 10.4. The second kappa shape index (κ2) is 27.0. The molecular formula is C29H60O. The van der Waals surface area contributed by atoms with Gasteiger partial charge in [-0.15, -0.1) is 0 Å². The summed E-state index contributed by atoms with van der Waals surface area (Å²) in [5.74, 6) is 1.01. The molecule has 0 amide bonds. The molecule has 0 saturated heterocycles. The van der Waals surface area contributed by atoms with Crippen LogP contribution in [0.5, 0.6) is 0 Å². The maximum Gasteiger partial charge on any atom is 0.0431 e. The Morgan fingerprint density at radius 2 is 0.633 bits per heavy atom. The van der Waals surface area contributed by atoms with Gasteiger partial charge in [0.15, 0.2) is 0 Å². The third kappa shape index (κ3) is 24.2. The van der Waals surface area contributed by atoms with Gasteiger partial charge >= 0.3 is 0 Å². The highest BCUT2D eigenvalue weighted by Gasteiger charge is 2.08. The van der Waals surface area contributed by atoms with E-state index < -0.39 is 0 Å². The standard InChI is InChI=1S/C29H60O/c1-3-5-7-9-11-14-18-22-26-29(25-21-17-10-8-6-4-2)27-23-19-15-12-13-16-20-24-28-30/h29-30H,3-28H2,1-2H3. The Hall–Kier alpha value is -0.0400. The molecule has 0 aliphatic heterocycles. The molecule has 1 heteroatoms. The molecule has 0 radical (unpaired) electrons. The summed E-state index contributed by atoms with van der Waals surface area (Å²) in [5, 5.41) is 8.84. The van der Waals surface area contributed by atoms with Gasteiger partial charge in [-0.05, 0) is 12.3 Å². The molecule has 0 saturated carbocycles. The van der Waals surface area contributed by atoms with Gasteiger partial charge in [-0.1, -0.05) is 168 Å². The molecule has 0 aromatic rings. The van der Waals surface area contributed by atoms with Gasteiger partial charge in [0.2, 0.25) is 0 Å². The van der Waals surface area contributed by atoms with E-state index in [0.29, 0.717) is 6.61 Å². The molecule has 0 aliphatic carbocycles. The predicted molar refractivity (Wildman–Crippen MR) is 137 cm³/mol. The summed E-state index contributed by atoms with van der Waals surface area (Å²) in [5.41, 5.74) is 0. The first kappa shape index (κ1) is 30.0. The highest BCUT2D eigenvalue weighted by Crippen LogP contribution is 2.25. The van der Waals surface area contributed by atoms with Crippen LogP contribution in [0.1, 0.15) is 174 Å². The van der Waals surface area contributed by atoms with Gasteiger partial charge in [-0.25, -0.2) is 0 Å². The van der Waals surface area contributed by atoms with Crippen molar-refractivity contribution < 1.29 is 5.11 Å². The van der Waals surface area contributed by atoms with E-state index in [1.807, 2.05) is 0 Å². The first-order valence-electron chi connectivity index (χ1n) is 14.5. The summed E-state index contributed by atoms with van der Waals surface area (Å²) in [6, 6.07) is 0. The average Bonchev–Trinajstić information content (AvgIpc) is 2.76. The zero-order chi connectivity index (χ0) is 22.0. The topological polar surface area (TPSA) is 20.2 Å². The van der Waals surface area contributed by atoms with Gasteiger partial charge in [-0.2, -0.15) is 0 Å². The first-order valence-corrected chi connectivity index (χ1v) is 14.5. The van der Waals surface area contributed by atoms with Crippen molar-refractivity contribution in [2.24, 2.45) is 5.92 Å². The van der Waals surface area contributed by atoms with Crippen molar-refractivity contribution in [2.75, 3.05) is 6.61 Å². The summed E-state index contributed by atoms with van der Waals surface area (Å²) in [6.45, 7) is 5.00. The van der Waals surface area contributed by atoms with Crippen LogP contribution in [-0.4, -0.2) is 11.7 Å². The van der Waals surface area contributed by atoms with E-state index in [0.717, 1.165) is 12.3 Å². The molecule has 1 unspecified atom stereocenters. The average molecular weight is 425 g/mol. The van der Waals surface area contributed by atoms with E-state index in [1.54, 1.807) is 0 Å². The van der Waals surface area contributed by atoms with Crippen molar-refractivity contribution in [3.05, 3.63) is 0 Å². The number of hydrogen-bond donors (Lipinski definition) is 1. The fourth-order valence-corrected chi connectivity index (χ4v) is 4.82. The van der Waals surface area contributed by atoms with Gasteiger partial charge in [0.1, 0.15) is 0 Å². The quantitative estimate of drug-likeness (QED) is 0.137. The highest BCUT2D eigenvalue weighted by molar-refractivity contribution is 4.62. The van der Waals surface area contributed by atoms with Gasteiger partial charge in [0.25, 0.3) is 0 Å². The van der Waals surface area contributed by atoms with Gasteiger partial charge < -0.3 is 5.11 Å². The number of unbranched alkanes of at least 4 members (excludes halogenated alkanes) is 19. The molecule has 0 aliphatic rings. The number of aliphatic hydroxyl groups is 1. The molecule has 182 valence electrons. The lowest BCUT2D eigenvalue weighted by Gasteiger charge is -2.17. The Morgan fingerprint density at radius 1 is 0.367 bits per heavy atom. The normalized spacial score (nSPS) is 12.5. The van der Waals surface area contributed by atoms with E-state index in [4.69, 9.17) is 5.11 Å². The minimum absolute atomic E-state index is 0.374. The molecule has 0 fully saturated rings. The van der Waals surface area contributed by atoms with E-state index in [1.165, 1.54) is 154 Å². The maximum absolute atomic E-state index is 8.84. The lowest BCUT2D eigenvalue weighted by molar-refractivity contribution is 0.282. The Balaban J connectivity index is 3.79. The minimum Gasteiger partial charge on any atom is -0.396 e. The summed E-state index contributed by atoms with van der Waals surface area (Å²) >= 11 is 0. The summed E-state index contributed by atoms with van der Waals surface area (Å²) in [4.78, 5) is 0. The molecular weight excluding hydrogens is 364 g/mol. The largest absolute Gasteiger partial charge is 0.396 e. The van der Waals surface area contributed by atoms with Crippen LogP contribution in [-0.2, 0) is 0 Å². The Morgan fingerprint density at radius 3 is 0.933 bits per heavy atom. The Bertz CT molecular complexity index is 288. The van der Waals surface area contributed by atoms with Crippen molar-refractivity contribution in [1.29, 1.82) is 0 Å². The zero-order valence-corrected chi connectivity index (χ0v) is 21.4. The van der Waals surface area contributed by atoms with Crippen LogP contribution in [0.15, 0.2) is 0 Å². The van der Waals surface area contributed by atoms with Crippen LogP contribution < -0.4 is 0 Å². The molecule has 0 rings (SSSR count). The molecule has 0 heterocycles. The third-order valence-electron chi connectivity index (χ3n) is 6.95. The Labute approximate surface area is 192 Å². The molecule has 0 bridgehead atoms. The molecule has 1 N–H and O–H groups in total. The van der Waals surface area contributed by atoms with Crippen molar-refractivity contribution in [3.63, 3.8) is 0 Å². The summed E-state index contributed by atoms with van der Waals surface area (Å²) in [6.07, 6.45) is 35.5. The number of aliphatic hydroxyl groups excluding tert-OH is 1. The van der Waals surface area contributed by atoms with Gasteiger partial charge in [-0.3, -0.25) is 0 Å². The summed E-state index contributed by atoms with van der Waals surface area (Å²) in [7, 11) is 0. The van der Waals surface area contributed by atoms with Crippen molar-refractivity contribution in [2.45, 2.75) is 174 Å². The van der Waals surface area contributed by atoms with Crippen LogP contribution >= 0.6 is 0 Å². The third-order valence-corrected chi connectivity index (χ3v) is 6.95. The van der Waals surface area contributed by atoms with Crippen LogP contribution in [0.2, 0.25) is 0 Å². The molecule has 0 aromatic heterocycles. The van der Waals surface area contributed by atoms with Crippen molar-refractivity contribution >= 4 is 0 Å². The fraction of sp³-hybridized carbons (Fsp3) is 1.00. The fourth-order valence-electron chi connectivity index (χ4n) is 4.82. The zero-order valence-electron chi connectivity index (χ0n) is 21.4.